The van der Waals surface area contributed by atoms with Gasteiger partial charge in [0, 0.05) is 26.2 Å². The number of thiophene rings is 1. The molecule has 1 fully saturated rings. The lowest BCUT2D eigenvalue weighted by molar-refractivity contribution is 0.176. The van der Waals surface area contributed by atoms with E-state index in [0.29, 0.717) is 24.0 Å². The first-order valence-electron chi connectivity index (χ1n) is 6.62. The van der Waals surface area contributed by atoms with E-state index in [0.717, 1.165) is 30.7 Å². The number of nitrogens with zero attached hydrogens (tertiary/aromatic N) is 1. The molecular formula is C12H18Cl2N2O3S2. The van der Waals surface area contributed by atoms with Crippen LogP contribution in [0.1, 0.15) is 12.8 Å². The van der Waals surface area contributed by atoms with E-state index in [1.807, 2.05) is 0 Å². The summed E-state index contributed by atoms with van der Waals surface area (Å²) < 4.78 is 32.5. The lowest BCUT2D eigenvalue weighted by Crippen LogP contribution is -2.42. The van der Waals surface area contributed by atoms with E-state index in [9.17, 15) is 8.42 Å². The third-order valence-electron chi connectivity index (χ3n) is 3.37. The molecule has 5 nitrogen and oxygen atoms in total. The summed E-state index contributed by atoms with van der Waals surface area (Å²) in [5, 5.41) is 3.30. The molecule has 0 radical (unpaired) electrons. The number of sulfonamides is 1. The van der Waals surface area contributed by atoms with Crippen molar-refractivity contribution in [3.63, 3.8) is 0 Å². The maximum Gasteiger partial charge on any atom is 0.245 e. The van der Waals surface area contributed by atoms with E-state index >= 15 is 0 Å². The van der Waals surface area contributed by atoms with Crippen molar-refractivity contribution < 1.29 is 13.2 Å². The van der Waals surface area contributed by atoms with Gasteiger partial charge in [-0.2, -0.15) is 4.31 Å². The van der Waals surface area contributed by atoms with Crippen LogP contribution in [-0.2, 0) is 14.8 Å². The maximum atomic E-state index is 12.8. The molecule has 0 amide bonds. The van der Waals surface area contributed by atoms with Crippen LogP contribution in [0.25, 0.3) is 0 Å². The Labute approximate surface area is 139 Å². The molecule has 0 aromatic carbocycles. The molecule has 2 heterocycles. The highest BCUT2D eigenvalue weighted by Crippen LogP contribution is 2.35. The van der Waals surface area contributed by atoms with Crippen molar-refractivity contribution in [1.82, 2.24) is 9.62 Å². The number of rotatable bonds is 7. The molecule has 0 saturated carbocycles. The summed E-state index contributed by atoms with van der Waals surface area (Å²) in [7, 11) is -2.11. The molecule has 1 aliphatic heterocycles. The molecule has 1 aliphatic rings. The number of nitrogens with one attached hydrogen (secondary N) is 1. The van der Waals surface area contributed by atoms with Gasteiger partial charge in [-0.05, 0) is 25.5 Å². The summed E-state index contributed by atoms with van der Waals surface area (Å²) in [6.07, 6.45) is 2.03. The fourth-order valence-corrected chi connectivity index (χ4v) is 5.88. The molecule has 1 aromatic rings. The average Bonchev–Trinajstić information content (AvgIpc) is 3.04. The standard InChI is InChI=1S/C12H18Cl2N2O3S2/c1-19-6-5-16(8-9-3-2-4-15-9)21(17,18)10-7-11(13)20-12(10)14/h7,9,15H,2-6,8H2,1H3. The van der Waals surface area contributed by atoms with Crippen LogP contribution in [0, 0.1) is 0 Å². The van der Waals surface area contributed by atoms with E-state index in [-0.39, 0.29) is 15.3 Å². The monoisotopic (exact) mass is 372 g/mol. The molecule has 1 unspecified atom stereocenters. The van der Waals surface area contributed by atoms with Gasteiger partial charge < -0.3 is 10.1 Å². The lowest BCUT2D eigenvalue weighted by Gasteiger charge is -2.24. The van der Waals surface area contributed by atoms with Gasteiger partial charge in [-0.25, -0.2) is 8.42 Å². The van der Waals surface area contributed by atoms with Gasteiger partial charge in [0.05, 0.1) is 10.9 Å². The third-order valence-corrected chi connectivity index (χ3v) is 6.99. The summed E-state index contributed by atoms with van der Waals surface area (Å²) in [6.45, 7) is 1.96. The van der Waals surface area contributed by atoms with Crippen molar-refractivity contribution in [2.24, 2.45) is 0 Å². The van der Waals surface area contributed by atoms with Crippen LogP contribution < -0.4 is 5.32 Å². The molecule has 1 atom stereocenters. The lowest BCUT2D eigenvalue weighted by atomic mass is 10.2. The number of methoxy groups -OCH3 is 1. The van der Waals surface area contributed by atoms with Crippen molar-refractivity contribution in [1.29, 1.82) is 0 Å². The minimum atomic E-state index is -3.66. The Morgan fingerprint density at radius 1 is 1.52 bits per heavy atom. The van der Waals surface area contributed by atoms with Crippen molar-refractivity contribution in [3.05, 3.63) is 14.7 Å². The van der Waals surface area contributed by atoms with Gasteiger partial charge in [0.2, 0.25) is 10.0 Å². The summed E-state index contributed by atoms with van der Waals surface area (Å²) in [5.74, 6) is 0. The summed E-state index contributed by atoms with van der Waals surface area (Å²) >= 11 is 12.9. The third kappa shape index (κ3) is 4.31. The van der Waals surface area contributed by atoms with Crippen molar-refractivity contribution in [2.75, 3.05) is 33.4 Å². The smallest absolute Gasteiger partial charge is 0.245 e. The minimum Gasteiger partial charge on any atom is -0.383 e. The summed E-state index contributed by atoms with van der Waals surface area (Å²) in [4.78, 5) is 0.0771. The van der Waals surface area contributed by atoms with Crippen molar-refractivity contribution in [2.45, 2.75) is 23.8 Å². The highest BCUT2D eigenvalue weighted by atomic mass is 35.5. The largest absolute Gasteiger partial charge is 0.383 e. The topological polar surface area (TPSA) is 58.6 Å². The van der Waals surface area contributed by atoms with Gasteiger partial charge in [0.25, 0.3) is 0 Å². The molecule has 1 aromatic heterocycles. The Morgan fingerprint density at radius 2 is 2.29 bits per heavy atom. The predicted octanol–water partition coefficient (Wildman–Crippen LogP) is 2.44. The molecule has 21 heavy (non-hydrogen) atoms. The Kier molecular flexibility index (Phi) is 6.31. The van der Waals surface area contributed by atoms with Crippen LogP contribution in [0.5, 0.6) is 0 Å². The molecular weight excluding hydrogens is 355 g/mol. The van der Waals surface area contributed by atoms with Crippen LogP contribution in [0.2, 0.25) is 8.67 Å². The fraction of sp³-hybridized carbons (Fsp3) is 0.667. The highest BCUT2D eigenvalue weighted by molar-refractivity contribution is 7.89. The Hall–Kier alpha value is 0.110. The van der Waals surface area contributed by atoms with Crippen LogP contribution in [0.4, 0.5) is 0 Å². The first-order valence-corrected chi connectivity index (χ1v) is 9.63. The van der Waals surface area contributed by atoms with Crippen LogP contribution in [-0.4, -0.2) is 52.1 Å². The van der Waals surface area contributed by atoms with Gasteiger partial charge in [0.1, 0.15) is 9.23 Å². The first-order chi connectivity index (χ1) is 9.95. The summed E-state index contributed by atoms with van der Waals surface area (Å²) in [6, 6.07) is 1.58. The Balaban J connectivity index is 2.22. The summed E-state index contributed by atoms with van der Waals surface area (Å²) in [5.41, 5.74) is 0. The van der Waals surface area contributed by atoms with E-state index < -0.39 is 10.0 Å². The molecule has 2 rings (SSSR count). The zero-order valence-corrected chi connectivity index (χ0v) is 14.8. The molecule has 120 valence electrons. The highest BCUT2D eigenvalue weighted by Gasteiger charge is 2.31. The van der Waals surface area contributed by atoms with Gasteiger partial charge in [-0.15, -0.1) is 11.3 Å². The van der Waals surface area contributed by atoms with E-state index in [1.165, 1.54) is 10.4 Å². The first kappa shape index (κ1) is 17.5. The Bertz CT molecular complexity index is 571. The molecule has 1 saturated heterocycles. The predicted molar refractivity (Wildman–Crippen MR) is 86.0 cm³/mol. The van der Waals surface area contributed by atoms with E-state index in [2.05, 4.69) is 5.32 Å². The average molecular weight is 373 g/mol. The van der Waals surface area contributed by atoms with Crippen LogP contribution >= 0.6 is 34.5 Å². The van der Waals surface area contributed by atoms with Crippen LogP contribution in [0.15, 0.2) is 11.0 Å². The fourth-order valence-electron chi connectivity index (χ4n) is 2.30. The second-order valence-electron chi connectivity index (χ2n) is 4.84. The van der Waals surface area contributed by atoms with E-state index in [4.69, 9.17) is 27.9 Å². The normalized spacial score (nSPS) is 19.5. The Morgan fingerprint density at radius 3 is 2.81 bits per heavy atom. The van der Waals surface area contributed by atoms with Crippen LogP contribution in [0.3, 0.4) is 0 Å². The molecule has 1 N–H and O–H groups in total. The minimum absolute atomic E-state index is 0.0771. The number of ether oxygens (including phenoxy) is 1. The van der Waals surface area contributed by atoms with Crippen molar-refractivity contribution in [3.8, 4) is 0 Å². The molecule has 0 aliphatic carbocycles. The zero-order valence-electron chi connectivity index (χ0n) is 11.6. The van der Waals surface area contributed by atoms with Crippen molar-refractivity contribution >= 4 is 44.6 Å². The number of hydrogen-bond donors (Lipinski definition) is 1. The second kappa shape index (κ2) is 7.59. The number of halogens is 2. The van der Waals surface area contributed by atoms with Gasteiger partial charge in [0.15, 0.2) is 0 Å². The molecule has 0 spiro atoms. The second-order valence-corrected chi connectivity index (χ2v) is 9.03. The van der Waals surface area contributed by atoms with E-state index in [1.54, 1.807) is 7.11 Å². The van der Waals surface area contributed by atoms with Gasteiger partial charge in [-0.1, -0.05) is 23.2 Å². The zero-order chi connectivity index (χ0) is 15.5. The maximum absolute atomic E-state index is 12.8. The quantitative estimate of drug-likeness (QED) is 0.798. The SMILES string of the molecule is COCCN(CC1CCCN1)S(=O)(=O)c1cc(Cl)sc1Cl. The molecule has 0 bridgehead atoms. The van der Waals surface area contributed by atoms with Gasteiger partial charge >= 0.3 is 0 Å². The van der Waals surface area contributed by atoms with Gasteiger partial charge in [-0.3, -0.25) is 0 Å². The number of hydrogen-bond acceptors (Lipinski definition) is 5. The molecule has 9 heteroatoms.